The van der Waals surface area contributed by atoms with Crippen molar-refractivity contribution in [3.63, 3.8) is 0 Å². The predicted molar refractivity (Wildman–Crippen MR) is 66.6 cm³/mol. The van der Waals surface area contributed by atoms with Crippen LogP contribution in [0.5, 0.6) is 0 Å². The summed E-state index contributed by atoms with van der Waals surface area (Å²) in [5.41, 5.74) is 0.613. The van der Waals surface area contributed by atoms with E-state index < -0.39 is 17.3 Å². The average molecular weight is 271 g/mol. The topological polar surface area (TPSA) is 49.7 Å². The lowest BCUT2D eigenvalue weighted by Crippen LogP contribution is -2.47. The third-order valence-electron chi connectivity index (χ3n) is 2.35. The standard InChI is InChI=1S/C11H8Cl2N2O2/c1-6-2-4-7(5-3-6)15-9(13)8(12)14-10(16)11(15)17/h2-5,9H,1H3. The molecule has 0 aliphatic carbocycles. The van der Waals surface area contributed by atoms with E-state index in [1.165, 1.54) is 0 Å². The number of hydrogen-bond donors (Lipinski definition) is 0. The van der Waals surface area contributed by atoms with Crippen LogP contribution in [0.1, 0.15) is 5.56 Å². The van der Waals surface area contributed by atoms with Crippen LogP contribution in [-0.2, 0) is 9.59 Å². The summed E-state index contributed by atoms with van der Waals surface area (Å²) in [6.07, 6.45) is 0. The smallest absolute Gasteiger partial charge is 0.280 e. The minimum Gasteiger partial charge on any atom is -0.280 e. The fourth-order valence-electron chi connectivity index (χ4n) is 1.46. The van der Waals surface area contributed by atoms with Gasteiger partial charge in [-0.1, -0.05) is 40.9 Å². The third kappa shape index (κ3) is 2.18. The number of carbonyl (C=O) groups excluding carboxylic acids is 2. The zero-order chi connectivity index (χ0) is 12.6. The van der Waals surface area contributed by atoms with Gasteiger partial charge in [0.05, 0.1) is 0 Å². The quantitative estimate of drug-likeness (QED) is 0.446. The second-order valence-corrected chi connectivity index (χ2v) is 4.39. The van der Waals surface area contributed by atoms with Crippen molar-refractivity contribution < 1.29 is 9.59 Å². The van der Waals surface area contributed by atoms with Gasteiger partial charge in [-0.3, -0.25) is 14.5 Å². The van der Waals surface area contributed by atoms with Crippen molar-refractivity contribution in [3.8, 4) is 0 Å². The highest BCUT2D eigenvalue weighted by Gasteiger charge is 2.36. The molecule has 0 radical (unpaired) electrons. The molecule has 0 bridgehead atoms. The number of halogens is 2. The summed E-state index contributed by atoms with van der Waals surface area (Å²) >= 11 is 11.7. The first-order valence-electron chi connectivity index (χ1n) is 4.83. The Balaban J connectivity index is 2.44. The van der Waals surface area contributed by atoms with E-state index >= 15 is 0 Å². The fraction of sp³-hybridized carbons (Fsp3) is 0.182. The van der Waals surface area contributed by atoms with E-state index in [2.05, 4.69) is 4.99 Å². The maximum Gasteiger partial charge on any atom is 0.336 e. The first kappa shape index (κ1) is 12.1. The molecule has 0 saturated heterocycles. The molecule has 0 N–H and O–H groups in total. The number of nitrogens with zero attached hydrogens (tertiary/aromatic N) is 2. The number of alkyl halides is 1. The number of benzene rings is 1. The molecule has 17 heavy (non-hydrogen) atoms. The summed E-state index contributed by atoms with van der Waals surface area (Å²) < 4.78 is 0. The second-order valence-electron chi connectivity index (χ2n) is 3.59. The Morgan fingerprint density at radius 2 is 1.82 bits per heavy atom. The van der Waals surface area contributed by atoms with Gasteiger partial charge in [-0.2, -0.15) is 4.99 Å². The first-order valence-corrected chi connectivity index (χ1v) is 5.64. The number of anilines is 1. The van der Waals surface area contributed by atoms with Crippen molar-refractivity contribution in [1.82, 2.24) is 0 Å². The van der Waals surface area contributed by atoms with Crippen LogP contribution in [0.4, 0.5) is 5.69 Å². The van der Waals surface area contributed by atoms with E-state index in [0.29, 0.717) is 5.69 Å². The molecule has 1 aromatic rings. The van der Waals surface area contributed by atoms with Crippen molar-refractivity contribution >= 4 is 45.9 Å². The molecule has 1 unspecified atom stereocenters. The summed E-state index contributed by atoms with van der Waals surface area (Å²) in [5, 5.41) is -0.100. The lowest BCUT2D eigenvalue weighted by Gasteiger charge is -2.28. The molecule has 2 amide bonds. The summed E-state index contributed by atoms with van der Waals surface area (Å²) in [6.45, 7) is 1.92. The van der Waals surface area contributed by atoms with E-state index in [0.717, 1.165) is 10.5 Å². The van der Waals surface area contributed by atoms with Gasteiger partial charge in [0.25, 0.3) is 0 Å². The Bertz CT molecular complexity index is 511. The zero-order valence-corrected chi connectivity index (χ0v) is 10.4. The van der Waals surface area contributed by atoms with Gasteiger partial charge in [-0.25, -0.2) is 0 Å². The number of rotatable bonds is 1. The van der Waals surface area contributed by atoms with Gasteiger partial charge in [-0.15, -0.1) is 0 Å². The Morgan fingerprint density at radius 3 is 2.41 bits per heavy atom. The molecule has 6 heteroatoms. The molecule has 88 valence electrons. The van der Waals surface area contributed by atoms with E-state index in [-0.39, 0.29) is 5.17 Å². The molecule has 0 saturated carbocycles. The molecule has 4 nitrogen and oxygen atoms in total. The maximum absolute atomic E-state index is 11.7. The molecule has 0 fully saturated rings. The normalized spacial score (nSPS) is 20.5. The van der Waals surface area contributed by atoms with E-state index in [9.17, 15) is 9.59 Å². The van der Waals surface area contributed by atoms with Crippen molar-refractivity contribution in [2.24, 2.45) is 4.99 Å². The largest absolute Gasteiger partial charge is 0.336 e. The Labute approximate surface area is 108 Å². The number of carbonyl (C=O) groups is 2. The van der Waals surface area contributed by atoms with E-state index in [1.54, 1.807) is 12.1 Å². The average Bonchev–Trinajstić information content (AvgIpc) is 2.29. The molecule has 0 spiro atoms. The van der Waals surface area contributed by atoms with Crippen LogP contribution < -0.4 is 4.90 Å². The van der Waals surface area contributed by atoms with Crippen LogP contribution in [0, 0.1) is 6.92 Å². The van der Waals surface area contributed by atoms with Gasteiger partial charge in [-0.05, 0) is 19.1 Å². The zero-order valence-electron chi connectivity index (χ0n) is 8.85. The van der Waals surface area contributed by atoms with Gasteiger partial charge in [0.2, 0.25) is 0 Å². The van der Waals surface area contributed by atoms with Gasteiger partial charge in [0.15, 0.2) is 5.50 Å². The second kappa shape index (κ2) is 4.47. The molecule has 1 aromatic carbocycles. The minimum absolute atomic E-state index is 0.100. The molecule has 1 aliphatic rings. The van der Waals surface area contributed by atoms with Crippen molar-refractivity contribution in [3.05, 3.63) is 29.8 Å². The lowest BCUT2D eigenvalue weighted by molar-refractivity contribution is -0.135. The summed E-state index contributed by atoms with van der Waals surface area (Å²) in [6, 6.07) is 7.03. The summed E-state index contributed by atoms with van der Waals surface area (Å²) in [7, 11) is 0. The molecular formula is C11H8Cl2N2O2. The van der Waals surface area contributed by atoms with Crippen LogP contribution in [0.15, 0.2) is 29.3 Å². The van der Waals surface area contributed by atoms with Crippen LogP contribution in [0.2, 0.25) is 0 Å². The van der Waals surface area contributed by atoms with Crippen molar-refractivity contribution in [2.75, 3.05) is 4.90 Å². The summed E-state index contributed by atoms with van der Waals surface area (Å²) in [4.78, 5) is 27.5. The van der Waals surface area contributed by atoms with E-state index in [4.69, 9.17) is 23.2 Å². The monoisotopic (exact) mass is 270 g/mol. The summed E-state index contributed by atoms with van der Waals surface area (Å²) in [5.74, 6) is -1.69. The van der Waals surface area contributed by atoms with Gasteiger partial charge < -0.3 is 0 Å². The van der Waals surface area contributed by atoms with E-state index in [1.807, 2.05) is 19.1 Å². The number of aryl methyl sites for hydroxylation is 1. The molecule has 1 atom stereocenters. The highest BCUT2D eigenvalue weighted by molar-refractivity contribution is 6.74. The minimum atomic E-state index is -0.940. The lowest BCUT2D eigenvalue weighted by atomic mass is 10.2. The molecule has 1 heterocycles. The Hall–Kier alpha value is -1.39. The number of amides is 2. The molecular weight excluding hydrogens is 263 g/mol. The van der Waals surface area contributed by atoms with Crippen LogP contribution in [0.25, 0.3) is 0 Å². The Morgan fingerprint density at radius 1 is 1.24 bits per heavy atom. The fourth-order valence-corrected chi connectivity index (χ4v) is 1.89. The van der Waals surface area contributed by atoms with Gasteiger partial charge in [0, 0.05) is 5.69 Å². The molecule has 1 aliphatic heterocycles. The SMILES string of the molecule is Cc1ccc(N2C(=O)C(=O)N=C(Cl)C2Cl)cc1. The third-order valence-corrected chi connectivity index (χ3v) is 3.15. The van der Waals surface area contributed by atoms with Gasteiger partial charge >= 0.3 is 11.8 Å². The maximum atomic E-state index is 11.7. The van der Waals surface area contributed by atoms with Crippen molar-refractivity contribution in [2.45, 2.75) is 12.4 Å². The Kier molecular flexibility index (Phi) is 3.17. The first-order chi connectivity index (χ1) is 8.00. The number of aliphatic imine (C=N–C) groups is 1. The van der Waals surface area contributed by atoms with Crippen LogP contribution >= 0.6 is 23.2 Å². The van der Waals surface area contributed by atoms with Crippen molar-refractivity contribution in [1.29, 1.82) is 0 Å². The predicted octanol–water partition coefficient (Wildman–Crippen LogP) is 2.07. The highest BCUT2D eigenvalue weighted by Crippen LogP contribution is 2.24. The van der Waals surface area contributed by atoms with Crippen LogP contribution in [0.3, 0.4) is 0 Å². The highest BCUT2D eigenvalue weighted by atomic mass is 35.5. The van der Waals surface area contributed by atoms with Crippen LogP contribution in [-0.4, -0.2) is 22.5 Å². The number of hydrogen-bond acceptors (Lipinski definition) is 2. The van der Waals surface area contributed by atoms with Gasteiger partial charge in [0.1, 0.15) is 5.17 Å². The molecule has 0 aromatic heterocycles. The molecule has 2 rings (SSSR count).